The predicted molar refractivity (Wildman–Crippen MR) is 59.2 cm³/mol. The molecule has 2 amide bonds. The zero-order chi connectivity index (χ0) is 11.2. The summed E-state index contributed by atoms with van der Waals surface area (Å²) in [5.74, 6) is 0. The zero-order valence-corrected chi connectivity index (χ0v) is 9.76. The van der Waals surface area contributed by atoms with Crippen LogP contribution in [-0.4, -0.2) is 36.6 Å². The van der Waals surface area contributed by atoms with Crippen molar-refractivity contribution in [3.63, 3.8) is 0 Å². The van der Waals surface area contributed by atoms with Crippen LogP contribution >= 0.6 is 0 Å². The fraction of sp³-hybridized carbons (Fsp3) is 0.900. The molecule has 4 heteroatoms. The fourth-order valence-corrected chi connectivity index (χ4v) is 1.11. The average molecular weight is 201 g/mol. The minimum atomic E-state index is -0.238. The number of nitrogens with zero attached hydrogens (tertiary/aromatic N) is 1. The van der Waals surface area contributed by atoms with Gasteiger partial charge in [-0.3, -0.25) is 0 Å². The molecule has 3 N–H and O–H groups in total. The molecule has 84 valence electrons. The van der Waals surface area contributed by atoms with E-state index in [1.54, 1.807) is 11.9 Å². The van der Waals surface area contributed by atoms with Gasteiger partial charge >= 0.3 is 6.03 Å². The van der Waals surface area contributed by atoms with Crippen molar-refractivity contribution in [3.8, 4) is 0 Å². The van der Waals surface area contributed by atoms with E-state index in [0.29, 0.717) is 13.1 Å². The van der Waals surface area contributed by atoms with E-state index < -0.39 is 0 Å². The van der Waals surface area contributed by atoms with E-state index in [0.717, 1.165) is 12.8 Å². The molecule has 14 heavy (non-hydrogen) atoms. The topological polar surface area (TPSA) is 58.4 Å². The highest BCUT2D eigenvalue weighted by atomic mass is 16.2. The molecular weight excluding hydrogens is 178 g/mol. The highest BCUT2D eigenvalue weighted by molar-refractivity contribution is 5.74. The summed E-state index contributed by atoms with van der Waals surface area (Å²) in [5.41, 5.74) is 5.42. The van der Waals surface area contributed by atoms with E-state index in [2.05, 4.69) is 5.32 Å². The fourth-order valence-electron chi connectivity index (χ4n) is 1.11. The van der Waals surface area contributed by atoms with Crippen LogP contribution in [0.25, 0.3) is 0 Å². The van der Waals surface area contributed by atoms with Crippen LogP contribution in [-0.2, 0) is 0 Å². The number of hydrogen-bond donors (Lipinski definition) is 2. The van der Waals surface area contributed by atoms with Crippen molar-refractivity contribution in [3.05, 3.63) is 0 Å². The Balaban J connectivity index is 4.27. The summed E-state index contributed by atoms with van der Waals surface area (Å²) in [6.07, 6.45) is 1.81. The highest BCUT2D eigenvalue weighted by Gasteiger charge is 2.28. The van der Waals surface area contributed by atoms with E-state index >= 15 is 0 Å². The molecule has 0 bridgehead atoms. The van der Waals surface area contributed by atoms with Gasteiger partial charge in [0, 0.05) is 20.1 Å². The molecule has 0 aliphatic heterocycles. The van der Waals surface area contributed by atoms with E-state index in [4.69, 9.17) is 5.73 Å². The van der Waals surface area contributed by atoms with Gasteiger partial charge in [0.25, 0.3) is 0 Å². The van der Waals surface area contributed by atoms with E-state index in [9.17, 15) is 4.79 Å². The first-order chi connectivity index (χ1) is 6.51. The van der Waals surface area contributed by atoms with Crippen LogP contribution in [0.1, 0.15) is 33.6 Å². The first-order valence-electron chi connectivity index (χ1n) is 5.23. The Labute approximate surface area is 86.8 Å². The molecular formula is C10H23N3O. The minimum Gasteiger partial charge on any atom is -0.338 e. The van der Waals surface area contributed by atoms with Gasteiger partial charge < -0.3 is 16.0 Å². The lowest BCUT2D eigenvalue weighted by Gasteiger charge is -2.37. The second-order valence-corrected chi connectivity index (χ2v) is 3.85. The molecule has 4 nitrogen and oxygen atoms in total. The van der Waals surface area contributed by atoms with Crippen molar-refractivity contribution in [1.82, 2.24) is 10.2 Å². The molecule has 1 unspecified atom stereocenters. The quantitative estimate of drug-likeness (QED) is 0.701. The van der Waals surface area contributed by atoms with Crippen LogP contribution in [0.15, 0.2) is 0 Å². The number of rotatable bonds is 5. The third kappa shape index (κ3) is 3.18. The van der Waals surface area contributed by atoms with Crippen LogP contribution in [0.5, 0.6) is 0 Å². The molecule has 0 radical (unpaired) electrons. The second-order valence-electron chi connectivity index (χ2n) is 3.85. The normalized spacial score (nSPS) is 14.6. The van der Waals surface area contributed by atoms with Gasteiger partial charge in [0.1, 0.15) is 0 Å². The molecule has 0 aliphatic rings. The highest BCUT2D eigenvalue weighted by Crippen LogP contribution is 2.15. The van der Waals surface area contributed by atoms with Crippen molar-refractivity contribution >= 4 is 6.03 Å². The molecule has 0 fully saturated rings. The number of amides is 2. The Morgan fingerprint density at radius 1 is 1.50 bits per heavy atom. The van der Waals surface area contributed by atoms with E-state index in [1.807, 2.05) is 20.8 Å². The van der Waals surface area contributed by atoms with Gasteiger partial charge in [0.05, 0.1) is 5.54 Å². The monoisotopic (exact) mass is 201 g/mol. The van der Waals surface area contributed by atoms with Crippen LogP contribution in [0.4, 0.5) is 4.79 Å². The van der Waals surface area contributed by atoms with Crippen molar-refractivity contribution in [1.29, 1.82) is 0 Å². The molecule has 0 rings (SSSR count). The van der Waals surface area contributed by atoms with Crippen molar-refractivity contribution in [2.45, 2.75) is 39.2 Å². The maximum absolute atomic E-state index is 11.6. The Hall–Kier alpha value is -0.770. The number of carbonyl (C=O) groups excluding carboxylic acids is 1. The molecule has 0 heterocycles. The van der Waals surface area contributed by atoms with Crippen LogP contribution in [0.2, 0.25) is 0 Å². The third-order valence-electron chi connectivity index (χ3n) is 2.84. The predicted octanol–water partition coefficient (Wildman–Crippen LogP) is 1.17. The SMILES string of the molecule is CCCNC(=O)N(C)C(C)(CC)CN. The van der Waals surface area contributed by atoms with Gasteiger partial charge in [-0.15, -0.1) is 0 Å². The molecule has 0 aromatic carbocycles. The summed E-state index contributed by atoms with van der Waals surface area (Å²) in [7, 11) is 1.79. The van der Waals surface area contributed by atoms with Crippen molar-refractivity contribution in [2.24, 2.45) is 5.73 Å². The molecule has 0 spiro atoms. The second kappa shape index (κ2) is 5.86. The van der Waals surface area contributed by atoms with E-state index in [-0.39, 0.29) is 11.6 Å². The largest absolute Gasteiger partial charge is 0.338 e. The van der Waals surface area contributed by atoms with Gasteiger partial charge in [0.15, 0.2) is 0 Å². The molecule has 0 aromatic heterocycles. The third-order valence-corrected chi connectivity index (χ3v) is 2.84. The maximum Gasteiger partial charge on any atom is 0.317 e. The summed E-state index contributed by atoms with van der Waals surface area (Å²) >= 11 is 0. The smallest absolute Gasteiger partial charge is 0.317 e. The molecule has 1 atom stereocenters. The van der Waals surface area contributed by atoms with Crippen LogP contribution in [0, 0.1) is 0 Å². The lowest BCUT2D eigenvalue weighted by Crippen LogP contribution is -2.55. The number of likely N-dealkylation sites (N-methyl/N-ethyl adjacent to an activating group) is 1. The van der Waals surface area contributed by atoms with Gasteiger partial charge in [-0.25, -0.2) is 4.79 Å². The number of nitrogens with one attached hydrogen (secondary N) is 1. The Morgan fingerprint density at radius 2 is 2.07 bits per heavy atom. The van der Waals surface area contributed by atoms with Crippen LogP contribution < -0.4 is 11.1 Å². The Morgan fingerprint density at radius 3 is 2.43 bits per heavy atom. The summed E-state index contributed by atoms with van der Waals surface area (Å²) in [6.45, 7) is 7.27. The first-order valence-corrected chi connectivity index (χ1v) is 5.23. The lowest BCUT2D eigenvalue weighted by molar-refractivity contribution is 0.146. The number of hydrogen-bond acceptors (Lipinski definition) is 2. The van der Waals surface area contributed by atoms with Gasteiger partial charge in [-0.2, -0.15) is 0 Å². The molecule has 0 saturated carbocycles. The van der Waals surface area contributed by atoms with Gasteiger partial charge in [0.2, 0.25) is 0 Å². The molecule has 0 aliphatic carbocycles. The van der Waals surface area contributed by atoms with Gasteiger partial charge in [-0.05, 0) is 19.8 Å². The summed E-state index contributed by atoms with van der Waals surface area (Å²) in [6, 6.07) is -0.0401. The summed E-state index contributed by atoms with van der Waals surface area (Å²) in [4.78, 5) is 13.3. The number of carbonyl (C=O) groups is 1. The maximum atomic E-state index is 11.6. The summed E-state index contributed by atoms with van der Waals surface area (Å²) in [5, 5.41) is 2.84. The Bertz CT molecular complexity index is 178. The van der Waals surface area contributed by atoms with Gasteiger partial charge in [-0.1, -0.05) is 13.8 Å². The first kappa shape index (κ1) is 13.2. The Kier molecular flexibility index (Phi) is 5.53. The zero-order valence-electron chi connectivity index (χ0n) is 9.76. The number of nitrogens with two attached hydrogens (primary N) is 1. The lowest BCUT2D eigenvalue weighted by atomic mass is 9.98. The minimum absolute atomic E-state index is 0.0401. The van der Waals surface area contributed by atoms with Crippen molar-refractivity contribution in [2.75, 3.05) is 20.1 Å². The molecule has 0 saturated heterocycles. The standard InChI is InChI=1S/C10H23N3O/c1-5-7-12-9(14)13(4)10(3,6-2)8-11/h5-8,11H2,1-4H3,(H,12,14). The number of urea groups is 1. The summed E-state index contributed by atoms with van der Waals surface area (Å²) < 4.78 is 0. The van der Waals surface area contributed by atoms with Crippen molar-refractivity contribution < 1.29 is 4.79 Å². The van der Waals surface area contributed by atoms with E-state index in [1.165, 1.54) is 0 Å². The average Bonchev–Trinajstić information content (AvgIpc) is 2.23. The van der Waals surface area contributed by atoms with Crippen LogP contribution in [0.3, 0.4) is 0 Å². The molecule has 0 aromatic rings.